The molecule has 1 saturated heterocycles. The molecule has 1 aromatic carbocycles. The molecule has 26 heavy (non-hydrogen) atoms. The molecule has 0 spiro atoms. The van der Waals surface area contributed by atoms with Crippen molar-refractivity contribution in [1.82, 2.24) is 15.6 Å². The lowest BCUT2D eigenvalue weighted by molar-refractivity contribution is 0.0389. The Bertz CT molecular complexity index is 596. The van der Waals surface area contributed by atoms with Crippen LogP contribution in [0.4, 0.5) is 0 Å². The zero-order chi connectivity index (χ0) is 18.8. The monoisotopic (exact) mass is 382 g/mol. The van der Waals surface area contributed by atoms with Gasteiger partial charge in [0.25, 0.3) is 0 Å². The third-order valence-corrected chi connectivity index (χ3v) is 4.12. The fraction of sp³-hybridized carbons (Fsp3) is 0.529. The molecule has 0 unspecified atom stereocenters. The number of ether oxygens (including phenoxy) is 4. The van der Waals surface area contributed by atoms with Crippen molar-refractivity contribution in [2.24, 2.45) is 5.10 Å². The van der Waals surface area contributed by atoms with E-state index in [0.717, 1.165) is 45.0 Å². The van der Waals surface area contributed by atoms with Crippen LogP contribution in [-0.4, -0.2) is 76.9 Å². The number of benzene rings is 1. The Labute approximate surface area is 159 Å². The van der Waals surface area contributed by atoms with Gasteiger partial charge in [0.2, 0.25) is 5.75 Å². The van der Waals surface area contributed by atoms with E-state index in [1.165, 1.54) is 0 Å². The van der Waals surface area contributed by atoms with Crippen LogP contribution in [0.5, 0.6) is 17.2 Å². The Morgan fingerprint density at radius 3 is 2.42 bits per heavy atom. The quantitative estimate of drug-likeness (QED) is 0.389. The third kappa shape index (κ3) is 6.01. The Balaban J connectivity index is 1.82. The average molecular weight is 382 g/mol. The first-order valence-electron chi connectivity index (χ1n) is 8.35. The summed E-state index contributed by atoms with van der Waals surface area (Å²) < 4.78 is 21.3. The molecule has 1 aliphatic heterocycles. The molecule has 1 aliphatic rings. The van der Waals surface area contributed by atoms with Crippen LogP contribution in [0, 0.1) is 0 Å². The van der Waals surface area contributed by atoms with Crippen LogP contribution in [0.15, 0.2) is 17.2 Å². The smallest absolute Gasteiger partial charge is 0.203 e. The maximum Gasteiger partial charge on any atom is 0.203 e. The fourth-order valence-electron chi connectivity index (χ4n) is 2.53. The van der Waals surface area contributed by atoms with Crippen molar-refractivity contribution in [1.29, 1.82) is 0 Å². The lowest BCUT2D eigenvalue weighted by Crippen LogP contribution is -2.42. The molecule has 0 aliphatic carbocycles. The van der Waals surface area contributed by atoms with Crippen molar-refractivity contribution in [3.63, 3.8) is 0 Å². The summed E-state index contributed by atoms with van der Waals surface area (Å²) in [6, 6.07) is 3.61. The lowest BCUT2D eigenvalue weighted by atomic mass is 10.2. The summed E-state index contributed by atoms with van der Waals surface area (Å²) in [6.45, 7) is 5.18. The second-order valence-electron chi connectivity index (χ2n) is 5.54. The van der Waals surface area contributed by atoms with Gasteiger partial charge >= 0.3 is 0 Å². The largest absolute Gasteiger partial charge is 0.493 e. The predicted molar refractivity (Wildman–Crippen MR) is 105 cm³/mol. The summed E-state index contributed by atoms with van der Waals surface area (Å²) >= 11 is 5.22. The van der Waals surface area contributed by atoms with Gasteiger partial charge in [-0.1, -0.05) is 0 Å². The Hall–Kier alpha value is -2.10. The first kappa shape index (κ1) is 20.2. The molecular weight excluding hydrogens is 356 g/mol. The lowest BCUT2D eigenvalue weighted by Gasteiger charge is -2.26. The molecule has 1 fully saturated rings. The van der Waals surface area contributed by atoms with Crippen LogP contribution in [0.2, 0.25) is 0 Å². The van der Waals surface area contributed by atoms with Crippen molar-refractivity contribution >= 4 is 23.5 Å². The highest BCUT2D eigenvalue weighted by atomic mass is 32.1. The van der Waals surface area contributed by atoms with E-state index < -0.39 is 0 Å². The Morgan fingerprint density at radius 1 is 1.19 bits per heavy atom. The summed E-state index contributed by atoms with van der Waals surface area (Å²) in [5.74, 6) is 1.68. The van der Waals surface area contributed by atoms with Gasteiger partial charge in [0, 0.05) is 31.7 Å². The van der Waals surface area contributed by atoms with Crippen LogP contribution >= 0.6 is 12.2 Å². The highest BCUT2D eigenvalue weighted by molar-refractivity contribution is 7.80. The highest BCUT2D eigenvalue weighted by Crippen LogP contribution is 2.37. The molecule has 0 saturated carbocycles. The van der Waals surface area contributed by atoms with E-state index in [0.29, 0.717) is 22.4 Å². The minimum atomic E-state index is 0.474. The fourth-order valence-corrected chi connectivity index (χ4v) is 2.69. The second kappa shape index (κ2) is 10.8. The van der Waals surface area contributed by atoms with Crippen molar-refractivity contribution in [2.45, 2.75) is 0 Å². The van der Waals surface area contributed by atoms with Gasteiger partial charge in [-0.25, -0.2) is 0 Å². The number of nitrogens with zero attached hydrogens (tertiary/aromatic N) is 2. The maximum atomic E-state index is 5.32. The zero-order valence-corrected chi connectivity index (χ0v) is 16.2. The SMILES string of the molecule is COc1cc(/C=N/NC(=S)NCCN2CCOCC2)cc(OC)c1OC. The zero-order valence-electron chi connectivity index (χ0n) is 15.4. The normalized spacial score (nSPS) is 14.9. The third-order valence-electron chi connectivity index (χ3n) is 3.88. The van der Waals surface area contributed by atoms with Gasteiger partial charge in [0.1, 0.15) is 0 Å². The summed E-state index contributed by atoms with van der Waals surface area (Å²) in [5.41, 5.74) is 3.60. The minimum Gasteiger partial charge on any atom is -0.493 e. The number of thiocarbonyl (C=S) groups is 1. The number of methoxy groups -OCH3 is 3. The van der Waals surface area contributed by atoms with Gasteiger partial charge < -0.3 is 24.3 Å². The summed E-state index contributed by atoms with van der Waals surface area (Å²) in [6.07, 6.45) is 1.64. The second-order valence-corrected chi connectivity index (χ2v) is 5.95. The number of nitrogens with one attached hydrogen (secondary N) is 2. The van der Waals surface area contributed by atoms with Gasteiger partial charge in [-0.05, 0) is 24.4 Å². The van der Waals surface area contributed by atoms with Crippen molar-refractivity contribution in [3.05, 3.63) is 17.7 Å². The molecule has 8 nitrogen and oxygen atoms in total. The molecule has 0 bridgehead atoms. The van der Waals surface area contributed by atoms with Crippen LogP contribution in [0.1, 0.15) is 5.56 Å². The van der Waals surface area contributed by atoms with Gasteiger partial charge in [-0.3, -0.25) is 10.3 Å². The maximum absolute atomic E-state index is 5.32. The van der Waals surface area contributed by atoms with Crippen LogP contribution in [-0.2, 0) is 4.74 Å². The number of hydrazone groups is 1. The summed E-state index contributed by atoms with van der Waals surface area (Å²) in [5, 5.41) is 7.76. The first-order valence-corrected chi connectivity index (χ1v) is 8.75. The molecule has 1 heterocycles. The molecule has 1 aromatic rings. The Kier molecular flexibility index (Phi) is 8.39. The number of hydrogen-bond acceptors (Lipinski definition) is 7. The first-order chi connectivity index (χ1) is 12.7. The molecule has 144 valence electrons. The van der Waals surface area contributed by atoms with E-state index in [2.05, 4.69) is 20.7 Å². The summed E-state index contributed by atoms with van der Waals surface area (Å²) in [7, 11) is 4.71. The number of rotatable bonds is 8. The summed E-state index contributed by atoms with van der Waals surface area (Å²) in [4.78, 5) is 2.33. The van der Waals surface area contributed by atoms with Crippen molar-refractivity contribution < 1.29 is 18.9 Å². The minimum absolute atomic E-state index is 0.474. The molecule has 2 N–H and O–H groups in total. The van der Waals surface area contributed by atoms with Crippen LogP contribution < -0.4 is 25.0 Å². The Morgan fingerprint density at radius 2 is 1.85 bits per heavy atom. The highest BCUT2D eigenvalue weighted by Gasteiger charge is 2.12. The molecule has 0 atom stereocenters. The molecule has 2 rings (SSSR count). The van der Waals surface area contributed by atoms with Gasteiger partial charge in [-0.15, -0.1) is 0 Å². The number of hydrogen-bond donors (Lipinski definition) is 2. The predicted octanol–water partition coefficient (Wildman–Crippen LogP) is 0.843. The van der Waals surface area contributed by atoms with Crippen molar-refractivity contribution in [2.75, 3.05) is 60.7 Å². The number of morpholine rings is 1. The van der Waals surface area contributed by atoms with Crippen LogP contribution in [0.3, 0.4) is 0 Å². The molecule has 0 radical (unpaired) electrons. The van der Waals surface area contributed by atoms with Crippen molar-refractivity contribution in [3.8, 4) is 17.2 Å². The van der Waals surface area contributed by atoms with E-state index >= 15 is 0 Å². The van der Waals surface area contributed by atoms with E-state index in [1.807, 2.05) is 0 Å². The molecule has 0 aromatic heterocycles. The topological polar surface area (TPSA) is 76.6 Å². The van der Waals surface area contributed by atoms with Crippen LogP contribution in [0.25, 0.3) is 0 Å². The van der Waals surface area contributed by atoms with E-state index in [4.69, 9.17) is 31.2 Å². The standard InChI is InChI=1S/C17H26N4O4S/c1-22-14-10-13(11-15(23-2)16(14)24-3)12-19-20-17(26)18-4-5-21-6-8-25-9-7-21/h10-12H,4-9H2,1-3H3,(H2,18,20,26)/b19-12+. The average Bonchev–Trinajstić information content (AvgIpc) is 2.68. The molecular formula is C17H26N4O4S. The van der Waals surface area contributed by atoms with Gasteiger partial charge in [-0.2, -0.15) is 5.10 Å². The molecule has 0 amide bonds. The van der Waals surface area contributed by atoms with E-state index in [-0.39, 0.29) is 0 Å². The van der Waals surface area contributed by atoms with Gasteiger partial charge in [0.15, 0.2) is 16.6 Å². The molecule has 9 heteroatoms. The van der Waals surface area contributed by atoms with E-state index in [9.17, 15) is 0 Å². The van der Waals surface area contributed by atoms with E-state index in [1.54, 1.807) is 39.7 Å². The van der Waals surface area contributed by atoms with Gasteiger partial charge in [0.05, 0.1) is 40.8 Å².